The number of rotatable bonds is 1. The molecule has 1 unspecified atom stereocenters. The molecule has 0 aromatic heterocycles. The number of hydrogen-bond acceptors (Lipinski definition) is 2. The zero-order valence-corrected chi connectivity index (χ0v) is 9.67. The highest BCUT2D eigenvalue weighted by molar-refractivity contribution is 5.39. The normalized spacial score (nSPS) is 25.3. The quantitative estimate of drug-likeness (QED) is 0.735. The molecule has 0 fully saturated rings. The lowest BCUT2D eigenvalue weighted by atomic mass is 9.70. The summed E-state index contributed by atoms with van der Waals surface area (Å²) >= 11 is 0. The van der Waals surface area contributed by atoms with Gasteiger partial charge in [0.25, 0.3) is 0 Å². The van der Waals surface area contributed by atoms with Crippen molar-refractivity contribution in [1.82, 2.24) is 5.32 Å². The largest absolute Gasteiger partial charge is 0.394 e. The summed E-state index contributed by atoms with van der Waals surface area (Å²) in [7, 11) is 0. The Morgan fingerprint density at radius 2 is 2.00 bits per heavy atom. The SMILES string of the molecule is CC(C)(C)C1(CO)NCc2ccccc21. The van der Waals surface area contributed by atoms with E-state index in [0.717, 1.165) is 6.54 Å². The van der Waals surface area contributed by atoms with Gasteiger partial charge in [0.1, 0.15) is 0 Å². The summed E-state index contributed by atoms with van der Waals surface area (Å²) < 4.78 is 0. The Labute approximate surface area is 91.3 Å². The van der Waals surface area contributed by atoms with Gasteiger partial charge in [0.2, 0.25) is 0 Å². The molecule has 1 aliphatic rings. The minimum Gasteiger partial charge on any atom is -0.394 e. The van der Waals surface area contributed by atoms with Crippen molar-refractivity contribution in [3.8, 4) is 0 Å². The van der Waals surface area contributed by atoms with Crippen molar-refractivity contribution in [2.75, 3.05) is 6.61 Å². The number of nitrogens with one attached hydrogen (secondary N) is 1. The molecular weight excluding hydrogens is 186 g/mol. The molecule has 1 aromatic carbocycles. The van der Waals surface area contributed by atoms with E-state index in [0.29, 0.717) is 0 Å². The highest BCUT2D eigenvalue weighted by Gasteiger charge is 2.46. The van der Waals surface area contributed by atoms with E-state index in [9.17, 15) is 5.11 Å². The highest BCUT2D eigenvalue weighted by Crippen LogP contribution is 2.43. The first kappa shape index (κ1) is 10.7. The molecule has 2 heteroatoms. The van der Waals surface area contributed by atoms with Gasteiger partial charge in [-0.3, -0.25) is 0 Å². The van der Waals surface area contributed by atoms with Crippen LogP contribution in [0, 0.1) is 5.41 Å². The van der Waals surface area contributed by atoms with Crippen LogP contribution >= 0.6 is 0 Å². The molecule has 1 heterocycles. The van der Waals surface area contributed by atoms with Gasteiger partial charge in [0.15, 0.2) is 0 Å². The zero-order valence-electron chi connectivity index (χ0n) is 9.67. The van der Waals surface area contributed by atoms with Crippen molar-refractivity contribution in [2.24, 2.45) is 5.41 Å². The smallest absolute Gasteiger partial charge is 0.0723 e. The molecule has 0 saturated heterocycles. The Hall–Kier alpha value is -0.860. The molecule has 0 bridgehead atoms. The van der Waals surface area contributed by atoms with Crippen molar-refractivity contribution in [3.05, 3.63) is 35.4 Å². The molecule has 0 amide bonds. The molecule has 82 valence electrons. The molecular formula is C13H19NO. The maximum absolute atomic E-state index is 9.74. The number of aliphatic hydroxyl groups is 1. The van der Waals surface area contributed by atoms with Crippen molar-refractivity contribution in [2.45, 2.75) is 32.9 Å². The van der Waals surface area contributed by atoms with Crippen molar-refractivity contribution in [1.29, 1.82) is 0 Å². The molecule has 1 atom stereocenters. The van der Waals surface area contributed by atoms with Crippen LogP contribution in [0.5, 0.6) is 0 Å². The minimum atomic E-state index is -0.288. The van der Waals surface area contributed by atoms with E-state index in [2.05, 4.69) is 44.3 Å². The zero-order chi connectivity index (χ0) is 11.1. The summed E-state index contributed by atoms with van der Waals surface area (Å²) in [5, 5.41) is 13.2. The Morgan fingerprint density at radius 3 is 2.60 bits per heavy atom. The van der Waals surface area contributed by atoms with E-state index >= 15 is 0 Å². The second kappa shape index (κ2) is 3.32. The van der Waals surface area contributed by atoms with Gasteiger partial charge in [-0.15, -0.1) is 0 Å². The van der Waals surface area contributed by atoms with Crippen LogP contribution in [-0.4, -0.2) is 11.7 Å². The molecule has 1 aromatic rings. The van der Waals surface area contributed by atoms with Crippen LogP contribution in [0.25, 0.3) is 0 Å². The van der Waals surface area contributed by atoms with Gasteiger partial charge in [-0.25, -0.2) is 0 Å². The molecule has 0 radical (unpaired) electrons. The van der Waals surface area contributed by atoms with Gasteiger partial charge in [0, 0.05) is 6.54 Å². The van der Waals surface area contributed by atoms with Gasteiger partial charge in [-0.05, 0) is 16.5 Å². The monoisotopic (exact) mass is 205 g/mol. The standard InChI is InChI=1S/C13H19NO/c1-12(2,3)13(9-15)11-7-5-4-6-10(11)8-14-13/h4-7,14-15H,8-9H2,1-3H3. The predicted octanol–water partition coefficient (Wildman–Crippen LogP) is 2.02. The Bertz CT molecular complexity index is 367. The molecule has 0 saturated carbocycles. The van der Waals surface area contributed by atoms with Crippen molar-refractivity contribution in [3.63, 3.8) is 0 Å². The number of fused-ring (bicyclic) bond motifs is 1. The van der Waals surface area contributed by atoms with E-state index in [1.165, 1.54) is 11.1 Å². The summed E-state index contributed by atoms with van der Waals surface area (Å²) in [5.41, 5.74) is 2.28. The number of hydrogen-bond donors (Lipinski definition) is 2. The second-order valence-corrected chi connectivity index (χ2v) is 5.32. The molecule has 1 aliphatic heterocycles. The third kappa shape index (κ3) is 1.40. The summed E-state index contributed by atoms with van der Waals surface area (Å²) in [4.78, 5) is 0. The maximum Gasteiger partial charge on any atom is 0.0723 e. The van der Waals surface area contributed by atoms with Crippen LogP contribution in [0.3, 0.4) is 0 Å². The van der Waals surface area contributed by atoms with E-state index < -0.39 is 0 Å². The van der Waals surface area contributed by atoms with E-state index in [-0.39, 0.29) is 17.6 Å². The summed E-state index contributed by atoms with van der Waals surface area (Å²) in [6.45, 7) is 7.50. The van der Waals surface area contributed by atoms with Gasteiger partial charge >= 0.3 is 0 Å². The Kier molecular flexibility index (Phi) is 2.36. The molecule has 2 rings (SSSR count). The minimum absolute atomic E-state index is 0.00829. The third-order valence-corrected chi connectivity index (χ3v) is 3.58. The predicted molar refractivity (Wildman–Crippen MR) is 61.5 cm³/mol. The molecule has 0 spiro atoms. The van der Waals surface area contributed by atoms with Gasteiger partial charge < -0.3 is 10.4 Å². The first-order chi connectivity index (χ1) is 7.01. The lowest BCUT2D eigenvalue weighted by molar-refractivity contribution is 0.0668. The lowest BCUT2D eigenvalue weighted by Gasteiger charge is -2.41. The fourth-order valence-electron chi connectivity index (χ4n) is 2.48. The summed E-state index contributed by atoms with van der Waals surface area (Å²) in [6, 6.07) is 8.35. The van der Waals surface area contributed by atoms with Crippen LogP contribution in [0.1, 0.15) is 31.9 Å². The topological polar surface area (TPSA) is 32.3 Å². The Balaban J connectivity index is 2.56. The van der Waals surface area contributed by atoms with Crippen LogP contribution < -0.4 is 5.32 Å². The average Bonchev–Trinajstić information content (AvgIpc) is 2.56. The number of benzene rings is 1. The lowest BCUT2D eigenvalue weighted by Crippen LogP contribution is -2.51. The summed E-state index contributed by atoms with van der Waals surface area (Å²) in [5.74, 6) is 0. The van der Waals surface area contributed by atoms with E-state index in [4.69, 9.17) is 0 Å². The third-order valence-electron chi connectivity index (χ3n) is 3.58. The van der Waals surface area contributed by atoms with Crippen molar-refractivity contribution >= 4 is 0 Å². The van der Waals surface area contributed by atoms with Crippen LogP contribution in [0.4, 0.5) is 0 Å². The first-order valence-corrected chi connectivity index (χ1v) is 5.45. The number of aliphatic hydroxyl groups excluding tert-OH is 1. The highest BCUT2D eigenvalue weighted by atomic mass is 16.3. The molecule has 0 aliphatic carbocycles. The molecule has 2 N–H and O–H groups in total. The Morgan fingerprint density at radius 1 is 1.33 bits per heavy atom. The summed E-state index contributed by atoms with van der Waals surface area (Å²) in [6.07, 6.45) is 0. The second-order valence-electron chi connectivity index (χ2n) is 5.32. The van der Waals surface area contributed by atoms with Crippen LogP contribution in [-0.2, 0) is 12.1 Å². The average molecular weight is 205 g/mol. The van der Waals surface area contributed by atoms with E-state index in [1.807, 2.05) is 6.07 Å². The first-order valence-electron chi connectivity index (χ1n) is 5.45. The van der Waals surface area contributed by atoms with Gasteiger partial charge in [-0.1, -0.05) is 45.0 Å². The molecule has 15 heavy (non-hydrogen) atoms. The fraction of sp³-hybridized carbons (Fsp3) is 0.538. The molecule has 2 nitrogen and oxygen atoms in total. The van der Waals surface area contributed by atoms with Crippen molar-refractivity contribution < 1.29 is 5.11 Å². The van der Waals surface area contributed by atoms with Crippen LogP contribution in [0.2, 0.25) is 0 Å². The van der Waals surface area contributed by atoms with Gasteiger partial charge in [0.05, 0.1) is 12.1 Å². The van der Waals surface area contributed by atoms with Crippen LogP contribution in [0.15, 0.2) is 24.3 Å². The van der Waals surface area contributed by atoms with E-state index in [1.54, 1.807) is 0 Å². The fourth-order valence-corrected chi connectivity index (χ4v) is 2.48. The van der Waals surface area contributed by atoms with Gasteiger partial charge in [-0.2, -0.15) is 0 Å². The maximum atomic E-state index is 9.74.